The number of rotatable bonds is 13. The van der Waals surface area contributed by atoms with Crippen molar-refractivity contribution in [3.05, 3.63) is 133 Å². The fraction of sp³-hybridized carbons (Fsp3) is 0.111. The number of nitrogens with one attached hydrogen (secondary N) is 2. The standard InChI is InChI=1S/C36H34B2N2O2/c1-3-13-29(14-4-1)39-23-25-41-37-33-21-19-27-11-7-9-17-31(27)35(33)36-32-18-10-8-12-28(32)20-22-34(36)38-42-26-24-40-30-15-5-2-6-16-30/h1-22,37-40H,23-26H2. The molecule has 6 rings (SSSR count). The van der Waals surface area contributed by atoms with Crippen LogP contribution in [0, 0.1) is 0 Å². The Morgan fingerprint density at radius 2 is 0.833 bits per heavy atom. The molecule has 0 saturated carbocycles. The first-order chi connectivity index (χ1) is 20.9. The number of para-hydroxylation sites is 2. The van der Waals surface area contributed by atoms with Gasteiger partial charge in [0.15, 0.2) is 0 Å². The highest BCUT2D eigenvalue weighted by atomic mass is 16.4. The van der Waals surface area contributed by atoms with Crippen LogP contribution in [0.3, 0.4) is 0 Å². The summed E-state index contributed by atoms with van der Waals surface area (Å²) < 4.78 is 12.5. The van der Waals surface area contributed by atoms with Gasteiger partial charge in [0.25, 0.3) is 0 Å². The van der Waals surface area contributed by atoms with Crippen molar-refractivity contribution >= 4 is 58.8 Å². The molecule has 0 radical (unpaired) electrons. The minimum Gasteiger partial charge on any atom is -0.433 e. The molecule has 0 saturated heterocycles. The van der Waals surface area contributed by atoms with E-state index in [1.54, 1.807) is 0 Å². The van der Waals surface area contributed by atoms with Crippen LogP contribution in [0.4, 0.5) is 11.4 Å². The van der Waals surface area contributed by atoms with Gasteiger partial charge in [-0.25, -0.2) is 0 Å². The summed E-state index contributed by atoms with van der Waals surface area (Å²) in [6, 6.07) is 46.6. The zero-order valence-electron chi connectivity index (χ0n) is 23.8. The first-order valence-corrected chi connectivity index (χ1v) is 14.6. The predicted molar refractivity (Wildman–Crippen MR) is 182 cm³/mol. The van der Waals surface area contributed by atoms with Gasteiger partial charge in [-0.05, 0) is 67.9 Å². The van der Waals surface area contributed by atoms with Gasteiger partial charge in [0, 0.05) is 37.7 Å². The lowest BCUT2D eigenvalue weighted by molar-refractivity contribution is 0.358. The molecule has 2 N–H and O–H groups in total. The van der Waals surface area contributed by atoms with Crippen molar-refractivity contribution in [3.63, 3.8) is 0 Å². The maximum absolute atomic E-state index is 6.26. The van der Waals surface area contributed by atoms with Crippen LogP contribution in [0.1, 0.15) is 0 Å². The van der Waals surface area contributed by atoms with Gasteiger partial charge in [-0.2, -0.15) is 0 Å². The van der Waals surface area contributed by atoms with Crippen LogP contribution in [0.15, 0.2) is 133 Å². The average Bonchev–Trinajstić information content (AvgIpc) is 3.05. The molecule has 6 aromatic rings. The Balaban J connectivity index is 1.27. The van der Waals surface area contributed by atoms with E-state index in [4.69, 9.17) is 9.31 Å². The third-order valence-electron chi connectivity index (χ3n) is 7.49. The molecule has 0 spiro atoms. The molecule has 42 heavy (non-hydrogen) atoms. The van der Waals surface area contributed by atoms with Crippen LogP contribution >= 0.6 is 0 Å². The lowest BCUT2D eigenvalue weighted by atomic mass is 9.72. The second-order valence-electron chi connectivity index (χ2n) is 10.3. The van der Waals surface area contributed by atoms with Crippen molar-refractivity contribution in [2.45, 2.75) is 0 Å². The fourth-order valence-electron chi connectivity index (χ4n) is 5.48. The molecular weight excluding hydrogens is 514 g/mol. The van der Waals surface area contributed by atoms with E-state index in [1.165, 1.54) is 43.6 Å². The van der Waals surface area contributed by atoms with Crippen LogP contribution in [0.2, 0.25) is 0 Å². The Morgan fingerprint density at radius 3 is 1.29 bits per heavy atom. The van der Waals surface area contributed by atoms with Gasteiger partial charge >= 0.3 is 15.0 Å². The normalized spacial score (nSPS) is 11.0. The third-order valence-corrected chi connectivity index (χ3v) is 7.49. The Kier molecular flexibility index (Phi) is 9.15. The summed E-state index contributed by atoms with van der Waals surface area (Å²) in [4.78, 5) is 0. The summed E-state index contributed by atoms with van der Waals surface area (Å²) in [6.07, 6.45) is 0. The van der Waals surface area contributed by atoms with Gasteiger partial charge in [-0.3, -0.25) is 0 Å². The molecular formula is C36H34B2N2O2. The highest BCUT2D eigenvalue weighted by Crippen LogP contribution is 2.31. The molecule has 0 bridgehead atoms. The lowest BCUT2D eigenvalue weighted by Gasteiger charge is -2.19. The predicted octanol–water partition coefficient (Wildman–Crippen LogP) is 5.87. The first-order valence-electron chi connectivity index (χ1n) is 14.6. The zero-order valence-corrected chi connectivity index (χ0v) is 23.8. The first kappa shape index (κ1) is 27.6. The van der Waals surface area contributed by atoms with E-state index in [-0.39, 0.29) is 0 Å². The number of benzene rings is 6. The van der Waals surface area contributed by atoms with Crippen LogP contribution in [0.5, 0.6) is 0 Å². The van der Waals surface area contributed by atoms with Gasteiger partial charge in [-0.1, -0.05) is 109 Å². The van der Waals surface area contributed by atoms with Crippen LogP contribution in [0.25, 0.3) is 32.7 Å². The molecule has 0 unspecified atom stereocenters. The number of anilines is 2. The third kappa shape index (κ3) is 6.68. The number of fused-ring (bicyclic) bond motifs is 2. The van der Waals surface area contributed by atoms with Crippen molar-refractivity contribution in [2.24, 2.45) is 0 Å². The average molecular weight is 548 g/mol. The van der Waals surface area contributed by atoms with E-state index in [1.807, 2.05) is 36.4 Å². The van der Waals surface area contributed by atoms with Crippen LogP contribution in [-0.2, 0) is 9.31 Å². The Labute approximate surface area is 249 Å². The molecule has 0 aliphatic heterocycles. The molecule has 6 heteroatoms. The summed E-state index contributed by atoms with van der Waals surface area (Å²) >= 11 is 0. The van der Waals surface area contributed by atoms with Crippen LogP contribution < -0.4 is 21.6 Å². The van der Waals surface area contributed by atoms with Crippen molar-refractivity contribution in [1.82, 2.24) is 0 Å². The second kappa shape index (κ2) is 13.9. The molecule has 4 nitrogen and oxygen atoms in total. The maximum Gasteiger partial charge on any atom is 0.309 e. The van der Waals surface area contributed by atoms with E-state index in [9.17, 15) is 0 Å². The van der Waals surface area contributed by atoms with Gasteiger partial charge < -0.3 is 19.9 Å². The molecule has 0 fully saturated rings. The van der Waals surface area contributed by atoms with Gasteiger partial charge in [-0.15, -0.1) is 0 Å². The molecule has 0 amide bonds. The molecule has 0 atom stereocenters. The van der Waals surface area contributed by atoms with Crippen LogP contribution in [-0.4, -0.2) is 41.3 Å². The largest absolute Gasteiger partial charge is 0.433 e. The highest BCUT2D eigenvalue weighted by Gasteiger charge is 2.18. The van der Waals surface area contributed by atoms with Crippen molar-refractivity contribution in [3.8, 4) is 11.1 Å². The van der Waals surface area contributed by atoms with E-state index in [0.717, 1.165) is 24.5 Å². The highest BCUT2D eigenvalue weighted by molar-refractivity contribution is 6.54. The van der Waals surface area contributed by atoms with Gasteiger partial charge in [0.1, 0.15) is 0 Å². The fourth-order valence-corrected chi connectivity index (χ4v) is 5.48. The second-order valence-corrected chi connectivity index (χ2v) is 10.3. The number of hydrogen-bond donors (Lipinski definition) is 2. The van der Waals surface area contributed by atoms with Crippen molar-refractivity contribution < 1.29 is 9.31 Å². The number of hydrogen-bond acceptors (Lipinski definition) is 4. The summed E-state index contributed by atoms with van der Waals surface area (Å²) in [5.41, 5.74) is 7.01. The minimum absolute atomic E-state index is 0.529. The molecule has 0 heterocycles. The molecule has 6 aromatic carbocycles. The van der Waals surface area contributed by atoms with Crippen molar-refractivity contribution in [2.75, 3.05) is 36.9 Å². The SMILES string of the molecule is B(OCCNc1ccccc1)c1ccc2ccccc2c1-c1c(BOCCNc2ccccc2)ccc2ccccc12. The summed E-state index contributed by atoms with van der Waals surface area (Å²) in [6.45, 7) is 2.72. The molecule has 206 valence electrons. The van der Waals surface area contributed by atoms with Gasteiger partial charge in [0.2, 0.25) is 0 Å². The minimum atomic E-state index is 0.529. The monoisotopic (exact) mass is 548 g/mol. The quantitative estimate of drug-likeness (QED) is 0.140. The van der Waals surface area contributed by atoms with Crippen molar-refractivity contribution in [1.29, 1.82) is 0 Å². The molecule has 0 aliphatic rings. The summed E-state index contributed by atoms with van der Waals surface area (Å²) in [5, 5.41) is 11.8. The topological polar surface area (TPSA) is 42.5 Å². The molecule has 0 aromatic heterocycles. The molecule has 0 aliphatic carbocycles. The maximum atomic E-state index is 6.26. The van der Waals surface area contributed by atoms with Gasteiger partial charge in [0.05, 0.1) is 0 Å². The Morgan fingerprint density at radius 1 is 0.429 bits per heavy atom. The lowest BCUT2D eigenvalue weighted by Crippen LogP contribution is -2.27. The smallest absolute Gasteiger partial charge is 0.309 e. The van der Waals surface area contributed by atoms with E-state index in [2.05, 4.69) is 108 Å². The summed E-state index contributed by atoms with van der Waals surface area (Å²) in [7, 11) is 1.06. The zero-order chi connectivity index (χ0) is 28.4. The Bertz CT molecular complexity index is 1620. The Hall–Kier alpha value is -4.51. The van der Waals surface area contributed by atoms with E-state index < -0.39 is 0 Å². The van der Waals surface area contributed by atoms with E-state index in [0.29, 0.717) is 28.2 Å². The summed E-state index contributed by atoms with van der Waals surface area (Å²) in [5.74, 6) is 0. The van der Waals surface area contributed by atoms with E-state index >= 15 is 0 Å².